The predicted molar refractivity (Wildman–Crippen MR) is 54.5 cm³/mol. The molecule has 1 aromatic rings. The first-order valence-electron chi connectivity index (χ1n) is 4.05. The topological polar surface area (TPSA) is 42.0 Å². The summed E-state index contributed by atoms with van der Waals surface area (Å²) in [5.41, 5.74) is 0.991. The van der Waals surface area contributed by atoms with Gasteiger partial charge in [-0.3, -0.25) is 9.78 Å². The van der Waals surface area contributed by atoms with Gasteiger partial charge in [0.1, 0.15) is 0 Å². The average molecular weight is 196 g/mol. The molecule has 1 rings (SSSR count). The SMILES string of the molecule is CC(S)C(=O)NCc1cccnc1. The van der Waals surface area contributed by atoms with E-state index in [0.717, 1.165) is 5.56 Å². The van der Waals surface area contributed by atoms with Gasteiger partial charge < -0.3 is 5.32 Å². The van der Waals surface area contributed by atoms with Crippen molar-refractivity contribution in [2.24, 2.45) is 0 Å². The first kappa shape index (κ1) is 10.1. The highest BCUT2D eigenvalue weighted by molar-refractivity contribution is 7.81. The molecule has 0 fully saturated rings. The third-order valence-electron chi connectivity index (χ3n) is 1.57. The lowest BCUT2D eigenvalue weighted by molar-refractivity contribution is -0.120. The number of aromatic nitrogens is 1. The van der Waals surface area contributed by atoms with Crippen molar-refractivity contribution in [3.05, 3.63) is 30.1 Å². The Balaban J connectivity index is 2.40. The van der Waals surface area contributed by atoms with E-state index in [-0.39, 0.29) is 11.2 Å². The van der Waals surface area contributed by atoms with Gasteiger partial charge >= 0.3 is 0 Å². The van der Waals surface area contributed by atoms with E-state index in [2.05, 4.69) is 22.9 Å². The number of carbonyl (C=O) groups excluding carboxylic acids is 1. The Morgan fingerprint density at radius 2 is 2.54 bits per heavy atom. The molecule has 1 N–H and O–H groups in total. The summed E-state index contributed by atoms with van der Waals surface area (Å²) in [6.45, 7) is 2.25. The number of nitrogens with zero attached hydrogens (tertiary/aromatic N) is 1. The van der Waals surface area contributed by atoms with E-state index in [0.29, 0.717) is 6.54 Å². The molecule has 0 saturated carbocycles. The van der Waals surface area contributed by atoms with Gasteiger partial charge in [-0.05, 0) is 18.6 Å². The molecule has 1 heterocycles. The van der Waals surface area contributed by atoms with Crippen molar-refractivity contribution in [1.29, 1.82) is 0 Å². The smallest absolute Gasteiger partial charge is 0.232 e. The monoisotopic (exact) mass is 196 g/mol. The van der Waals surface area contributed by atoms with Crippen LogP contribution in [0.15, 0.2) is 24.5 Å². The maximum atomic E-state index is 11.1. The molecule has 0 aliphatic heterocycles. The first-order chi connectivity index (χ1) is 6.20. The molecule has 0 aliphatic carbocycles. The van der Waals surface area contributed by atoms with Crippen LogP contribution in [0.2, 0.25) is 0 Å². The molecule has 0 spiro atoms. The number of thiol groups is 1. The van der Waals surface area contributed by atoms with Crippen LogP contribution in [0.25, 0.3) is 0 Å². The second-order valence-electron chi connectivity index (χ2n) is 2.76. The van der Waals surface area contributed by atoms with Crippen molar-refractivity contribution >= 4 is 18.5 Å². The summed E-state index contributed by atoms with van der Waals surface area (Å²) in [6, 6.07) is 3.75. The molecule has 70 valence electrons. The van der Waals surface area contributed by atoms with Crippen LogP contribution in [-0.4, -0.2) is 16.1 Å². The number of hydrogen-bond acceptors (Lipinski definition) is 3. The van der Waals surface area contributed by atoms with Crippen molar-refractivity contribution < 1.29 is 4.79 Å². The molecule has 0 saturated heterocycles. The largest absolute Gasteiger partial charge is 0.351 e. The Labute approximate surface area is 83.0 Å². The summed E-state index contributed by atoms with van der Waals surface area (Å²) >= 11 is 4.01. The fourth-order valence-corrected chi connectivity index (χ4v) is 0.931. The van der Waals surface area contributed by atoms with Crippen LogP contribution in [0.3, 0.4) is 0 Å². The predicted octanol–water partition coefficient (Wildman–Crippen LogP) is 1.02. The van der Waals surface area contributed by atoms with Crippen molar-refractivity contribution in [3.8, 4) is 0 Å². The molecule has 4 heteroatoms. The minimum atomic E-state index is -0.267. The quantitative estimate of drug-likeness (QED) is 0.709. The Morgan fingerprint density at radius 1 is 1.77 bits per heavy atom. The summed E-state index contributed by atoms with van der Waals surface area (Å²) in [5, 5.41) is 2.48. The van der Waals surface area contributed by atoms with E-state index in [1.54, 1.807) is 19.3 Å². The van der Waals surface area contributed by atoms with Gasteiger partial charge in [-0.15, -0.1) is 0 Å². The molecule has 0 aromatic carbocycles. The summed E-state index contributed by atoms with van der Waals surface area (Å²) < 4.78 is 0. The summed E-state index contributed by atoms with van der Waals surface area (Å²) in [4.78, 5) is 15.0. The molecule has 13 heavy (non-hydrogen) atoms. The molecule has 3 nitrogen and oxygen atoms in total. The highest BCUT2D eigenvalue weighted by Crippen LogP contribution is 1.96. The van der Waals surface area contributed by atoms with E-state index < -0.39 is 0 Å². The lowest BCUT2D eigenvalue weighted by Gasteiger charge is -2.06. The number of nitrogens with one attached hydrogen (secondary N) is 1. The Hall–Kier alpha value is -1.03. The van der Waals surface area contributed by atoms with Crippen molar-refractivity contribution in [2.75, 3.05) is 0 Å². The maximum absolute atomic E-state index is 11.1. The molecular formula is C9H12N2OS. The van der Waals surface area contributed by atoms with Crippen LogP contribution >= 0.6 is 12.6 Å². The third-order valence-corrected chi connectivity index (χ3v) is 1.80. The van der Waals surface area contributed by atoms with Gasteiger partial charge in [0.25, 0.3) is 0 Å². The fourth-order valence-electron chi connectivity index (χ4n) is 0.840. The Bertz CT molecular complexity index is 274. The molecule has 0 bridgehead atoms. The standard InChI is InChI=1S/C9H12N2OS/c1-7(13)9(12)11-6-8-3-2-4-10-5-8/h2-5,7,13H,6H2,1H3,(H,11,12). The lowest BCUT2D eigenvalue weighted by atomic mass is 10.3. The van der Waals surface area contributed by atoms with Crippen LogP contribution < -0.4 is 5.32 Å². The van der Waals surface area contributed by atoms with Gasteiger partial charge in [0.2, 0.25) is 5.91 Å². The zero-order valence-electron chi connectivity index (χ0n) is 7.40. The maximum Gasteiger partial charge on any atom is 0.232 e. The van der Waals surface area contributed by atoms with Crippen LogP contribution in [0.4, 0.5) is 0 Å². The van der Waals surface area contributed by atoms with Gasteiger partial charge in [-0.25, -0.2) is 0 Å². The van der Waals surface area contributed by atoms with Crippen LogP contribution in [0.5, 0.6) is 0 Å². The zero-order chi connectivity index (χ0) is 9.68. The minimum Gasteiger partial charge on any atom is -0.351 e. The van der Waals surface area contributed by atoms with Crippen molar-refractivity contribution in [2.45, 2.75) is 18.7 Å². The summed E-state index contributed by atoms with van der Waals surface area (Å²) in [6.07, 6.45) is 3.43. The Kier molecular flexibility index (Phi) is 3.76. The van der Waals surface area contributed by atoms with Gasteiger partial charge in [-0.2, -0.15) is 12.6 Å². The van der Waals surface area contributed by atoms with E-state index in [1.165, 1.54) is 0 Å². The van der Waals surface area contributed by atoms with Gasteiger partial charge in [0.15, 0.2) is 0 Å². The molecule has 1 aromatic heterocycles. The van der Waals surface area contributed by atoms with E-state index in [9.17, 15) is 4.79 Å². The number of amides is 1. The van der Waals surface area contributed by atoms with Crippen LogP contribution in [0.1, 0.15) is 12.5 Å². The van der Waals surface area contributed by atoms with Crippen LogP contribution in [-0.2, 0) is 11.3 Å². The second kappa shape index (κ2) is 4.87. The average Bonchev–Trinajstić information content (AvgIpc) is 2.15. The van der Waals surface area contributed by atoms with E-state index >= 15 is 0 Å². The van der Waals surface area contributed by atoms with Crippen LogP contribution in [0, 0.1) is 0 Å². The minimum absolute atomic E-state index is 0.0628. The van der Waals surface area contributed by atoms with Crippen molar-refractivity contribution in [3.63, 3.8) is 0 Å². The second-order valence-corrected chi connectivity index (χ2v) is 3.53. The number of rotatable bonds is 3. The molecule has 0 aliphatic rings. The van der Waals surface area contributed by atoms with Gasteiger partial charge in [0.05, 0.1) is 5.25 Å². The molecule has 1 atom stereocenters. The first-order valence-corrected chi connectivity index (χ1v) is 4.56. The lowest BCUT2D eigenvalue weighted by Crippen LogP contribution is -2.29. The number of carbonyl (C=O) groups is 1. The molecule has 1 unspecified atom stereocenters. The highest BCUT2D eigenvalue weighted by Gasteiger charge is 2.05. The number of hydrogen-bond donors (Lipinski definition) is 2. The van der Waals surface area contributed by atoms with Gasteiger partial charge in [-0.1, -0.05) is 6.07 Å². The highest BCUT2D eigenvalue weighted by atomic mass is 32.1. The van der Waals surface area contributed by atoms with E-state index in [4.69, 9.17) is 0 Å². The van der Waals surface area contributed by atoms with Crippen molar-refractivity contribution in [1.82, 2.24) is 10.3 Å². The molecule has 0 radical (unpaired) electrons. The normalized spacial score (nSPS) is 12.2. The third kappa shape index (κ3) is 3.46. The summed E-state index contributed by atoms with van der Waals surface area (Å²) in [5.74, 6) is -0.0628. The number of pyridine rings is 1. The van der Waals surface area contributed by atoms with Gasteiger partial charge in [0, 0.05) is 18.9 Å². The van der Waals surface area contributed by atoms with E-state index in [1.807, 2.05) is 12.1 Å². The summed E-state index contributed by atoms with van der Waals surface area (Å²) in [7, 11) is 0. The molecular weight excluding hydrogens is 184 g/mol. The molecule has 1 amide bonds. The zero-order valence-corrected chi connectivity index (χ0v) is 8.29. The fraction of sp³-hybridized carbons (Fsp3) is 0.333. The Morgan fingerprint density at radius 3 is 3.08 bits per heavy atom.